The van der Waals surface area contributed by atoms with E-state index in [0.717, 1.165) is 31.4 Å². The van der Waals surface area contributed by atoms with Gasteiger partial charge >= 0.3 is 6.55 Å². The van der Waals surface area contributed by atoms with E-state index in [1.165, 1.54) is 29.4 Å². The second-order valence-electron chi connectivity index (χ2n) is 6.37. The lowest BCUT2D eigenvalue weighted by atomic mass is 10.1. The fourth-order valence-corrected chi connectivity index (χ4v) is 3.13. The molecule has 1 aliphatic rings. The van der Waals surface area contributed by atoms with E-state index in [9.17, 15) is 13.6 Å². The van der Waals surface area contributed by atoms with Gasteiger partial charge in [-0.1, -0.05) is 24.3 Å². The number of alkyl halides is 2. The Morgan fingerprint density at radius 3 is 2.52 bits per heavy atom. The maximum atomic E-state index is 12.6. The van der Waals surface area contributed by atoms with Crippen LogP contribution in [-0.2, 0) is 13.1 Å². The Kier molecular flexibility index (Phi) is 5.43. The Balaban J connectivity index is 1.69. The van der Waals surface area contributed by atoms with Crippen LogP contribution in [0.3, 0.4) is 0 Å². The molecule has 0 spiro atoms. The van der Waals surface area contributed by atoms with E-state index in [0.29, 0.717) is 11.2 Å². The van der Waals surface area contributed by atoms with Crippen LogP contribution in [0.5, 0.6) is 0 Å². The van der Waals surface area contributed by atoms with E-state index in [4.69, 9.17) is 0 Å². The highest BCUT2D eigenvalue weighted by atomic mass is 19.3. The van der Waals surface area contributed by atoms with Crippen molar-refractivity contribution < 1.29 is 13.6 Å². The van der Waals surface area contributed by atoms with E-state index in [2.05, 4.69) is 16.1 Å². The van der Waals surface area contributed by atoms with Crippen molar-refractivity contribution >= 4 is 5.91 Å². The number of likely N-dealkylation sites (tertiary alicyclic amines) is 1. The monoisotopic (exact) mass is 348 g/mol. The first-order chi connectivity index (χ1) is 12.0. The van der Waals surface area contributed by atoms with Gasteiger partial charge < -0.3 is 4.90 Å². The Morgan fingerprint density at radius 2 is 1.88 bits per heavy atom. The first kappa shape index (κ1) is 17.5. The normalized spacial score (nSPS) is 15.0. The van der Waals surface area contributed by atoms with Crippen LogP contribution in [0.25, 0.3) is 0 Å². The highest BCUT2D eigenvalue weighted by Crippen LogP contribution is 2.18. The Hall–Kier alpha value is -2.28. The van der Waals surface area contributed by atoms with Crippen molar-refractivity contribution in [2.45, 2.75) is 32.5 Å². The van der Waals surface area contributed by atoms with Gasteiger partial charge in [-0.25, -0.2) is 4.68 Å². The molecule has 1 aliphatic heterocycles. The minimum atomic E-state index is -2.74. The lowest BCUT2D eigenvalue weighted by Crippen LogP contribution is -2.28. The van der Waals surface area contributed by atoms with Crippen LogP contribution in [0.15, 0.2) is 36.5 Å². The van der Waals surface area contributed by atoms with Gasteiger partial charge in [0, 0.05) is 26.3 Å². The second-order valence-corrected chi connectivity index (χ2v) is 6.37. The van der Waals surface area contributed by atoms with Crippen molar-refractivity contribution in [3.63, 3.8) is 0 Å². The quantitative estimate of drug-likeness (QED) is 0.805. The van der Waals surface area contributed by atoms with Crippen LogP contribution in [0, 0.1) is 0 Å². The zero-order valence-corrected chi connectivity index (χ0v) is 14.2. The molecule has 0 atom stereocenters. The standard InChI is InChI=1S/C18H22F2N4O/c1-22(17(25)16-8-11-24(21-16)18(19)20)12-14-6-2-3-7-15(14)13-23-9-4-5-10-23/h2-3,6-8,11,18H,4-5,9-10,12-13H2,1H3. The summed E-state index contributed by atoms with van der Waals surface area (Å²) in [5.41, 5.74) is 2.29. The molecule has 1 fully saturated rings. The van der Waals surface area contributed by atoms with Gasteiger partial charge in [-0.15, -0.1) is 0 Å². The van der Waals surface area contributed by atoms with Gasteiger partial charge in [-0.05, 0) is 43.1 Å². The number of carbonyl (C=O) groups is 1. The van der Waals surface area contributed by atoms with Crippen LogP contribution in [0.1, 0.15) is 41.0 Å². The fourth-order valence-electron chi connectivity index (χ4n) is 3.13. The molecule has 2 heterocycles. The Labute approximate surface area is 145 Å². The minimum absolute atomic E-state index is 0.0276. The average molecular weight is 348 g/mol. The van der Waals surface area contributed by atoms with Gasteiger partial charge in [-0.2, -0.15) is 13.9 Å². The van der Waals surface area contributed by atoms with Gasteiger partial charge in [0.2, 0.25) is 0 Å². The number of rotatable bonds is 6. The molecule has 25 heavy (non-hydrogen) atoms. The summed E-state index contributed by atoms with van der Waals surface area (Å²) in [5, 5.41) is 3.65. The van der Waals surface area contributed by atoms with E-state index in [1.807, 2.05) is 18.2 Å². The highest BCUT2D eigenvalue weighted by molar-refractivity contribution is 5.92. The number of nitrogens with zero attached hydrogens (tertiary/aromatic N) is 4. The van der Waals surface area contributed by atoms with Crippen molar-refractivity contribution in [3.05, 3.63) is 53.3 Å². The van der Waals surface area contributed by atoms with Crippen molar-refractivity contribution in [1.29, 1.82) is 0 Å². The second kappa shape index (κ2) is 7.74. The van der Waals surface area contributed by atoms with Crippen LogP contribution in [0.2, 0.25) is 0 Å². The topological polar surface area (TPSA) is 41.4 Å². The maximum Gasteiger partial charge on any atom is 0.333 e. The lowest BCUT2D eigenvalue weighted by Gasteiger charge is -2.21. The summed E-state index contributed by atoms with van der Waals surface area (Å²) in [4.78, 5) is 16.4. The molecule has 0 bridgehead atoms. The molecule has 5 nitrogen and oxygen atoms in total. The Morgan fingerprint density at radius 1 is 1.20 bits per heavy atom. The maximum absolute atomic E-state index is 12.6. The fraction of sp³-hybridized carbons (Fsp3) is 0.444. The van der Waals surface area contributed by atoms with Crippen molar-refractivity contribution in [1.82, 2.24) is 19.6 Å². The van der Waals surface area contributed by atoms with Crippen molar-refractivity contribution in [2.75, 3.05) is 20.1 Å². The van der Waals surface area contributed by atoms with Crippen molar-refractivity contribution in [3.8, 4) is 0 Å². The van der Waals surface area contributed by atoms with Gasteiger partial charge in [0.25, 0.3) is 5.91 Å². The summed E-state index contributed by atoms with van der Waals surface area (Å²) in [7, 11) is 1.66. The molecule has 1 saturated heterocycles. The van der Waals surface area contributed by atoms with Crippen LogP contribution in [0.4, 0.5) is 8.78 Å². The zero-order chi connectivity index (χ0) is 17.8. The number of aromatic nitrogens is 2. The van der Waals surface area contributed by atoms with E-state index in [1.54, 1.807) is 7.05 Å². The smallest absolute Gasteiger partial charge is 0.333 e. The van der Waals surface area contributed by atoms with Crippen molar-refractivity contribution in [2.24, 2.45) is 0 Å². The molecule has 0 unspecified atom stereocenters. The molecule has 7 heteroatoms. The number of amides is 1. The van der Waals surface area contributed by atoms with E-state index >= 15 is 0 Å². The summed E-state index contributed by atoms with van der Waals surface area (Å²) < 4.78 is 25.7. The summed E-state index contributed by atoms with van der Waals surface area (Å²) in [6.45, 7) is 0.762. The zero-order valence-electron chi connectivity index (χ0n) is 14.2. The van der Waals surface area contributed by atoms with Gasteiger partial charge in [0.1, 0.15) is 0 Å². The largest absolute Gasteiger partial charge is 0.336 e. The molecule has 2 aromatic rings. The lowest BCUT2D eigenvalue weighted by molar-refractivity contribution is 0.0553. The molecule has 0 radical (unpaired) electrons. The molecule has 134 valence electrons. The molecule has 1 aromatic heterocycles. The summed E-state index contributed by atoms with van der Waals surface area (Å²) in [6.07, 6.45) is 3.58. The first-order valence-electron chi connectivity index (χ1n) is 8.42. The molecule has 1 aromatic carbocycles. The van der Waals surface area contributed by atoms with Gasteiger partial charge in [0.15, 0.2) is 5.69 Å². The van der Waals surface area contributed by atoms with Gasteiger partial charge in [0.05, 0.1) is 0 Å². The molecule has 3 rings (SSSR count). The third-order valence-corrected chi connectivity index (χ3v) is 4.49. The number of hydrogen-bond donors (Lipinski definition) is 0. The van der Waals surface area contributed by atoms with E-state index < -0.39 is 6.55 Å². The molecule has 0 N–H and O–H groups in total. The molecular formula is C18H22F2N4O. The number of halogens is 2. The molecule has 0 aliphatic carbocycles. The van der Waals surface area contributed by atoms with E-state index in [-0.39, 0.29) is 11.6 Å². The summed E-state index contributed by atoms with van der Waals surface area (Å²) in [5.74, 6) is -0.365. The minimum Gasteiger partial charge on any atom is -0.336 e. The summed E-state index contributed by atoms with van der Waals surface area (Å²) in [6, 6.07) is 9.36. The van der Waals surface area contributed by atoms with Crippen LogP contribution < -0.4 is 0 Å². The molecular weight excluding hydrogens is 326 g/mol. The first-order valence-corrected chi connectivity index (χ1v) is 8.42. The Bertz CT molecular complexity index is 725. The third-order valence-electron chi connectivity index (χ3n) is 4.49. The predicted molar refractivity (Wildman–Crippen MR) is 90.2 cm³/mol. The number of carbonyl (C=O) groups excluding carboxylic acids is 1. The number of hydrogen-bond acceptors (Lipinski definition) is 3. The average Bonchev–Trinajstić information content (AvgIpc) is 3.27. The van der Waals surface area contributed by atoms with Gasteiger partial charge in [-0.3, -0.25) is 9.69 Å². The number of benzene rings is 1. The molecule has 0 saturated carbocycles. The van der Waals surface area contributed by atoms with Crippen LogP contribution >= 0.6 is 0 Å². The highest BCUT2D eigenvalue weighted by Gasteiger charge is 2.19. The predicted octanol–water partition coefficient (Wildman–Crippen LogP) is 3.15. The molecule has 1 amide bonds. The third kappa shape index (κ3) is 4.22. The van der Waals surface area contributed by atoms with Crippen LogP contribution in [-0.4, -0.2) is 45.6 Å². The summed E-state index contributed by atoms with van der Waals surface area (Å²) >= 11 is 0. The SMILES string of the molecule is CN(Cc1ccccc1CN1CCCC1)C(=O)c1ccn(C(F)F)n1.